The summed E-state index contributed by atoms with van der Waals surface area (Å²) < 4.78 is 28.0. The Hall–Kier alpha value is -2.59. The van der Waals surface area contributed by atoms with E-state index in [1.54, 1.807) is 24.3 Å². The van der Waals surface area contributed by atoms with Crippen molar-refractivity contribution < 1.29 is 8.42 Å². The first-order chi connectivity index (χ1) is 12.5. The zero-order valence-corrected chi connectivity index (χ0v) is 15.9. The van der Waals surface area contributed by atoms with Crippen LogP contribution in [0, 0.1) is 0 Å². The zero-order valence-electron chi connectivity index (χ0n) is 15.0. The number of anilines is 1. The Morgan fingerprint density at radius 2 is 1.31 bits per heavy atom. The van der Waals surface area contributed by atoms with Gasteiger partial charge in [0.05, 0.1) is 17.1 Å². The van der Waals surface area contributed by atoms with Crippen LogP contribution in [0.15, 0.2) is 89.8 Å². The van der Waals surface area contributed by atoms with E-state index in [9.17, 15) is 8.42 Å². The van der Waals surface area contributed by atoms with Crippen LogP contribution in [0.5, 0.6) is 0 Å². The molecule has 3 rings (SSSR count). The first kappa shape index (κ1) is 18.2. The molecule has 0 aliphatic rings. The number of nitrogens with zero attached hydrogens (tertiary/aromatic N) is 1. The average molecular weight is 365 g/mol. The fraction of sp³-hybridized carbons (Fsp3) is 0.182. The van der Waals surface area contributed by atoms with Crippen LogP contribution in [0.4, 0.5) is 5.69 Å². The van der Waals surface area contributed by atoms with Gasteiger partial charge in [-0.3, -0.25) is 4.31 Å². The van der Waals surface area contributed by atoms with E-state index >= 15 is 0 Å². The van der Waals surface area contributed by atoms with Gasteiger partial charge in [0.1, 0.15) is 0 Å². The summed E-state index contributed by atoms with van der Waals surface area (Å²) in [6, 6.07) is 26.0. The minimum absolute atomic E-state index is 0.291. The van der Waals surface area contributed by atoms with Crippen molar-refractivity contribution in [2.24, 2.45) is 0 Å². The molecule has 3 nitrogen and oxygen atoms in total. The van der Waals surface area contributed by atoms with Crippen LogP contribution in [-0.2, 0) is 16.6 Å². The molecule has 0 fully saturated rings. The van der Waals surface area contributed by atoms with Crippen LogP contribution in [0.2, 0.25) is 0 Å². The zero-order chi connectivity index (χ0) is 18.6. The molecule has 0 amide bonds. The van der Waals surface area contributed by atoms with Crippen molar-refractivity contribution in [2.45, 2.75) is 31.2 Å². The van der Waals surface area contributed by atoms with E-state index in [1.807, 2.05) is 60.7 Å². The fourth-order valence-corrected chi connectivity index (χ4v) is 4.28. The van der Waals surface area contributed by atoms with Gasteiger partial charge in [-0.2, -0.15) is 0 Å². The van der Waals surface area contributed by atoms with Gasteiger partial charge in [0.2, 0.25) is 0 Å². The Labute approximate surface area is 156 Å². The van der Waals surface area contributed by atoms with E-state index in [1.165, 1.54) is 9.87 Å². The van der Waals surface area contributed by atoms with Crippen LogP contribution in [0.3, 0.4) is 0 Å². The lowest BCUT2D eigenvalue weighted by molar-refractivity contribution is 0.590. The maximum Gasteiger partial charge on any atom is 0.264 e. The van der Waals surface area contributed by atoms with Gasteiger partial charge < -0.3 is 0 Å². The topological polar surface area (TPSA) is 37.4 Å². The third-order valence-electron chi connectivity index (χ3n) is 4.35. The number of rotatable bonds is 6. The van der Waals surface area contributed by atoms with Crippen molar-refractivity contribution in [1.29, 1.82) is 0 Å². The summed E-state index contributed by atoms with van der Waals surface area (Å²) in [6.45, 7) is 4.54. The molecular formula is C22H23NO2S. The summed E-state index contributed by atoms with van der Waals surface area (Å²) in [6.07, 6.45) is 0. The number of hydrogen-bond acceptors (Lipinski definition) is 2. The largest absolute Gasteiger partial charge is 0.264 e. The van der Waals surface area contributed by atoms with Crippen molar-refractivity contribution in [2.75, 3.05) is 4.31 Å². The highest BCUT2D eigenvalue weighted by Crippen LogP contribution is 2.27. The highest BCUT2D eigenvalue weighted by Gasteiger charge is 2.25. The second kappa shape index (κ2) is 7.75. The molecule has 0 aromatic heterocycles. The monoisotopic (exact) mass is 365 g/mol. The normalized spacial score (nSPS) is 11.5. The van der Waals surface area contributed by atoms with Crippen LogP contribution in [0.1, 0.15) is 30.9 Å². The molecule has 0 aliphatic heterocycles. The number of benzene rings is 3. The molecule has 0 saturated carbocycles. The first-order valence-corrected chi connectivity index (χ1v) is 10.1. The summed E-state index contributed by atoms with van der Waals surface area (Å²) in [7, 11) is -3.65. The fourth-order valence-electron chi connectivity index (χ4n) is 2.81. The number of sulfonamides is 1. The lowest BCUT2D eigenvalue weighted by Crippen LogP contribution is -2.30. The lowest BCUT2D eigenvalue weighted by atomic mass is 10.0. The molecule has 3 aromatic rings. The Bertz CT molecular complexity index is 934. The molecule has 0 N–H and O–H groups in total. The van der Waals surface area contributed by atoms with Crippen molar-refractivity contribution in [3.05, 3.63) is 96.1 Å². The third-order valence-corrected chi connectivity index (χ3v) is 6.14. The molecule has 26 heavy (non-hydrogen) atoms. The van der Waals surface area contributed by atoms with Crippen LogP contribution < -0.4 is 4.31 Å². The van der Waals surface area contributed by atoms with Gasteiger partial charge in [0.25, 0.3) is 10.0 Å². The molecule has 0 atom stereocenters. The Balaban J connectivity index is 2.04. The van der Waals surface area contributed by atoms with Crippen molar-refractivity contribution >= 4 is 15.7 Å². The predicted octanol–water partition coefficient (Wildman–Crippen LogP) is 5.21. The van der Waals surface area contributed by atoms with Gasteiger partial charge in [-0.1, -0.05) is 74.5 Å². The summed E-state index contributed by atoms with van der Waals surface area (Å²) >= 11 is 0. The minimum Gasteiger partial charge on any atom is -0.262 e. The molecule has 3 aromatic carbocycles. The molecule has 0 heterocycles. The third kappa shape index (κ3) is 3.97. The lowest BCUT2D eigenvalue weighted by Gasteiger charge is -2.25. The first-order valence-electron chi connectivity index (χ1n) is 8.70. The van der Waals surface area contributed by atoms with Crippen LogP contribution >= 0.6 is 0 Å². The minimum atomic E-state index is -3.65. The maximum absolute atomic E-state index is 13.3. The standard InChI is InChI=1S/C22H23NO2S/c1-18(2)20-13-15-21(16-14-20)23(17-19-9-5-3-6-10-19)26(24,25)22-11-7-4-8-12-22/h3-16,18H,17H2,1-2H3. The highest BCUT2D eigenvalue weighted by molar-refractivity contribution is 7.92. The predicted molar refractivity (Wildman–Crippen MR) is 107 cm³/mol. The van der Waals surface area contributed by atoms with E-state index in [2.05, 4.69) is 13.8 Å². The summed E-state index contributed by atoms with van der Waals surface area (Å²) in [5.41, 5.74) is 2.80. The molecule has 134 valence electrons. The quantitative estimate of drug-likeness (QED) is 0.602. The van der Waals surface area contributed by atoms with Crippen LogP contribution in [0.25, 0.3) is 0 Å². The Kier molecular flexibility index (Phi) is 5.43. The Morgan fingerprint density at radius 3 is 1.85 bits per heavy atom. The van der Waals surface area contributed by atoms with Gasteiger partial charge in [-0.05, 0) is 41.3 Å². The molecule has 0 saturated heterocycles. The van der Waals surface area contributed by atoms with Crippen molar-refractivity contribution in [1.82, 2.24) is 0 Å². The van der Waals surface area contributed by atoms with E-state index in [0.29, 0.717) is 23.0 Å². The van der Waals surface area contributed by atoms with E-state index < -0.39 is 10.0 Å². The molecule has 0 radical (unpaired) electrons. The average Bonchev–Trinajstić information content (AvgIpc) is 2.67. The molecule has 0 aliphatic carbocycles. The summed E-state index contributed by atoms with van der Waals surface area (Å²) in [5, 5.41) is 0. The SMILES string of the molecule is CC(C)c1ccc(N(Cc2ccccc2)S(=O)(=O)c2ccccc2)cc1. The molecule has 0 spiro atoms. The molecule has 0 unspecified atom stereocenters. The van der Waals surface area contributed by atoms with E-state index in [0.717, 1.165) is 5.56 Å². The summed E-state index contributed by atoms with van der Waals surface area (Å²) in [5.74, 6) is 0.400. The van der Waals surface area contributed by atoms with Crippen molar-refractivity contribution in [3.8, 4) is 0 Å². The smallest absolute Gasteiger partial charge is 0.262 e. The van der Waals surface area contributed by atoms with Gasteiger partial charge >= 0.3 is 0 Å². The van der Waals surface area contributed by atoms with Crippen molar-refractivity contribution in [3.63, 3.8) is 0 Å². The Morgan fingerprint density at radius 1 is 0.769 bits per heavy atom. The highest BCUT2D eigenvalue weighted by atomic mass is 32.2. The molecule has 4 heteroatoms. The van der Waals surface area contributed by atoms with Gasteiger partial charge in [-0.15, -0.1) is 0 Å². The molecular weight excluding hydrogens is 342 g/mol. The summed E-state index contributed by atoms with van der Waals surface area (Å²) in [4.78, 5) is 0.295. The second-order valence-corrected chi connectivity index (χ2v) is 8.42. The van der Waals surface area contributed by atoms with E-state index in [-0.39, 0.29) is 0 Å². The number of hydrogen-bond donors (Lipinski definition) is 0. The van der Waals surface area contributed by atoms with Gasteiger partial charge in [0.15, 0.2) is 0 Å². The van der Waals surface area contributed by atoms with Gasteiger partial charge in [-0.25, -0.2) is 8.42 Å². The second-order valence-electron chi connectivity index (χ2n) is 6.56. The van der Waals surface area contributed by atoms with Crippen LogP contribution in [-0.4, -0.2) is 8.42 Å². The van der Waals surface area contributed by atoms with Gasteiger partial charge in [0, 0.05) is 0 Å². The molecule has 0 bridgehead atoms. The van der Waals surface area contributed by atoms with E-state index in [4.69, 9.17) is 0 Å². The maximum atomic E-state index is 13.3.